The van der Waals surface area contributed by atoms with Crippen LogP contribution in [0.2, 0.25) is 0 Å². The van der Waals surface area contributed by atoms with Gasteiger partial charge < -0.3 is 15.0 Å². The van der Waals surface area contributed by atoms with E-state index in [1.165, 1.54) is 6.07 Å². The summed E-state index contributed by atoms with van der Waals surface area (Å²) in [7, 11) is 0. The molecule has 2 fully saturated rings. The van der Waals surface area contributed by atoms with Gasteiger partial charge in [-0.15, -0.1) is 0 Å². The second-order valence-electron chi connectivity index (χ2n) is 7.24. The Labute approximate surface area is 151 Å². The topological polar surface area (TPSA) is 53.3 Å². The number of aliphatic hydroxyl groups is 1. The van der Waals surface area contributed by atoms with Crippen LogP contribution in [0, 0.1) is 11.6 Å². The zero-order valence-corrected chi connectivity index (χ0v) is 14.7. The molecule has 7 heteroatoms. The number of halogens is 2. The lowest BCUT2D eigenvalue weighted by Gasteiger charge is -2.36. The lowest BCUT2D eigenvalue weighted by molar-refractivity contribution is 0.000381. The molecule has 0 bridgehead atoms. The Kier molecular flexibility index (Phi) is 5.02. The quantitative estimate of drug-likeness (QED) is 0.854. The fourth-order valence-corrected chi connectivity index (χ4v) is 3.78. The Morgan fingerprint density at radius 2 is 1.88 bits per heavy atom. The van der Waals surface area contributed by atoms with Gasteiger partial charge in [0.15, 0.2) is 11.6 Å². The second-order valence-corrected chi connectivity index (χ2v) is 7.24. The highest BCUT2D eigenvalue weighted by Crippen LogP contribution is 2.29. The summed E-state index contributed by atoms with van der Waals surface area (Å²) in [6.07, 6.45) is 3.78. The van der Waals surface area contributed by atoms with E-state index >= 15 is 0 Å². The average Bonchev–Trinajstić information content (AvgIpc) is 3.05. The van der Waals surface area contributed by atoms with Crippen LogP contribution in [0.3, 0.4) is 0 Å². The van der Waals surface area contributed by atoms with E-state index in [0.29, 0.717) is 30.3 Å². The third kappa shape index (κ3) is 3.65. The maximum Gasteiger partial charge on any atom is 0.159 e. The van der Waals surface area contributed by atoms with Gasteiger partial charge in [-0.3, -0.25) is 4.90 Å². The van der Waals surface area contributed by atoms with Crippen molar-refractivity contribution in [1.82, 2.24) is 19.8 Å². The van der Waals surface area contributed by atoms with E-state index < -0.39 is 11.6 Å². The van der Waals surface area contributed by atoms with Crippen molar-refractivity contribution in [1.29, 1.82) is 0 Å². The van der Waals surface area contributed by atoms with Crippen LogP contribution in [-0.4, -0.2) is 58.4 Å². The molecule has 0 radical (unpaired) electrons. The number of likely N-dealkylation sites (tertiary alicyclic amines) is 1. The third-order valence-corrected chi connectivity index (χ3v) is 5.32. The van der Waals surface area contributed by atoms with Crippen molar-refractivity contribution >= 4 is 0 Å². The summed E-state index contributed by atoms with van der Waals surface area (Å²) in [5.74, 6) is -0.303. The monoisotopic (exact) mass is 362 g/mol. The number of hydrogen-bond acceptors (Lipinski definition) is 4. The molecule has 26 heavy (non-hydrogen) atoms. The summed E-state index contributed by atoms with van der Waals surface area (Å²) >= 11 is 0. The molecule has 0 amide bonds. The molecule has 0 spiro atoms. The molecule has 5 nitrogen and oxygen atoms in total. The molecule has 3 heterocycles. The SMILES string of the molecule is OC1CN(CCn2cc(-c3ccc(F)c(F)c3)nc2C2CCNCC2)C1. The van der Waals surface area contributed by atoms with Crippen LogP contribution in [-0.2, 0) is 6.54 Å². The minimum atomic E-state index is -0.852. The van der Waals surface area contributed by atoms with Crippen molar-refractivity contribution in [3.63, 3.8) is 0 Å². The first-order valence-corrected chi connectivity index (χ1v) is 9.24. The molecule has 0 saturated carbocycles. The number of aromatic nitrogens is 2. The van der Waals surface area contributed by atoms with Gasteiger partial charge in [0.25, 0.3) is 0 Å². The van der Waals surface area contributed by atoms with Crippen molar-refractivity contribution in [3.8, 4) is 11.3 Å². The van der Waals surface area contributed by atoms with Crippen molar-refractivity contribution in [2.45, 2.75) is 31.4 Å². The summed E-state index contributed by atoms with van der Waals surface area (Å²) in [4.78, 5) is 6.99. The van der Waals surface area contributed by atoms with Gasteiger partial charge in [0.2, 0.25) is 0 Å². The van der Waals surface area contributed by atoms with E-state index in [4.69, 9.17) is 4.98 Å². The van der Waals surface area contributed by atoms with Crippen molar-refractivity contribution < 1.29 is 13.9 Å². The van der Waals surface area contributed by atoms with Crippen molar-refractivity contribution in [2.24, 2.45) is 0 Å². The van der Waals surface area contributed by atoms with E-state index in [1.54, 1.807) is 6.07 Å². The summed E-state index contributed by atoms with van der Waals surface area (Å²) < 4.78 is 29.0. The number of benzene rings is 1. The van der Waals surface area contributed by atoms with E-state index in [2.05, 4.69) is 14.8 Å². The van der Waals surface area contributed by atoms with Crippen molar-refractivity contribution in [3.05, 3.63) is 41.9 Å². The highest BCUT2D eigenvalue weighted by atomic mass is 19.2. The average molecular weight is 362 g/mol. The Bertz CT molecular complexity index is 767. The van der Waals surface area contributed by atoms with E-state index in [9.17, 15) is 13.9 Å². The van der Waals surface area contributed by atoms with Crippen LogP contribution < -0.4 is 5.32 Å². The van der Waals surface area contributed by atoms with Gasteiger partial charge in [-0.25, -0.2) is 13.8 Å². The molecular formula is C19H24F2N4O. The van der Waals surface area contributed by atoms with Crippen LogP contribution in [0.25, 0.3) is 11.3 Å². The number of hydrogen-bond donors (Lipinski definition) is 2. The number of nitrogens with zero attached hydrogens (tertiary/aromatic N) is 3. The summed E-state index contributed by atoms with van der Waals surface area (Å²) in [5.41, 5.74) is 1.28. The first-order valence-electron chi connectivity index (χ1n) is 9.24. The van der Waals surface area contributed by atoms with E-state index in [0.717, 1.165) is 50.9 Å². The van der Waals surface area contributed by atoms with E-state index in [-0.39, 0.29) is 6.10 Å². The van der Waals surface area contributed by atoms with Gasteiger partial charge >= 0.3 is 0 Å². The zero-order valence-electron chi connectivity index (χ0n) is 14.7. The summed E-state index contributed by atoms with van der Waals surface area (Å²) in [6, 6.07) is 3.93. The molecule has 140 valence electrons. The van der Waals surface area contributed by atoms with Crippen molar-refractivity contribution in [2.75, 3.05) is 32.7 Å². The Balaban J connectivity index is 1.59. The molecule has 1 aromatic heterocycles. The molecule has 0 unspecified atom stereocenters. The Morgan fingerprint density at radius 1 is 1.12 bits per heavy atom. The number of imidazole rings is 1. The Hall–Kier alpha value is -1.83. The Morgan fingerprint density at radius 3 is 2.58 bits per heavy atom. The molecule has 1 aromatic carbocycles. The van der Waals surface area contributed by atoms with Gasteiger partial charge in [0, 0.05) is 43.9 Å². The van der Waals surface area contributed by atoms with Gasteiger partial charge in [0.05, 0.1) is 11.8 Å². The minimum Gasteiger partial charge on any atom is -0.390 e. The van der Waals surface area contributed by atoms with Gasteiger partial charge in [-0.2, -0.15) is 0 Å². The predicted molar refractivity (Wildman–Crippen MR) is 94.9 cm³/mol. The number of aliphatic hydroxyl groups excluding tert-OH is 1. The first-order chi connectivity index (χ1) is 12.6. The van der Waals surface area contributed by atoms with Crippen LogP contribution in [0.1, 0.15) is 24.6 Å². The van der Waals surface area contributed by atoms with Crippen LogP contribution in [0.15, 0.2) is 24.4 Å². The summed E-state index contributed by atoms with van der Waals surface area (Å²) in [6.45, 7) is 5.00. The maximum atomic E-state index is 13.6. The standard InChI is InChI=1S/C19H24F2N4O/c20-16-2-1-14(9-17(16)21)18-12-25(8-7-24-10-15(26)11-24)19(23-18)13-3-5-22-6-4-13/h1-2,9,12-13,15,22,26H,3-8,10-11H2. The van der Waals surface area contributed by atoms with Crippen LogP contribution >= 0.6 is 0 Å². The fraction of sp³-hybridized carbons (Fsp3) is 0.526. The molecule has 0 atom stereocenters. The maximum absolute atomic E-state index is 13.6. The molecule has 0 aliphatic carbocycles. The predicted octanol–water partition coefficient (Wildman–Crippen LogP) is 1.97. The number of piperidine rings is 1. The zero-order chi connectivity index (χ0) is 18.1. The molecule has 2 saturated heterocycles. The van der Waals surface area contributed by atoms with Crippen LogP contribution in [0.5, 0.6) is 0 Å². The first kappa shape index (κ1) is 17.6. The highest BCUT2D eigenvalue weighted by Gasteiger charge is 2.26. The molecular weight excluding hydrogens is 338 g/mol. The second kappa shape index (κ2) is 7.42. The molecule has 2 N–H and O–H groups in total. The normalized spacial score (nSPS) is 19.7. The van der Waals surface area contributed by atoms with E-state index in [1.807, 2.05) is 6.20 Å². The van der Waals surface area contributed by atoms with Gasteiger partial charge in [-0.05, 0) is 44.1 Å². The number of rotatable bonds is 5. The van der Waals surface area contributed by atoms with Gasteiger partial charge in [0.1, 0.15) is 5.82 Å². The molecule has 2 aromatic rings. The molecule has 2 aliphatic heterocycles. The summed E-state index contributed by atoms with van der Waals surface area (Å²) in [5, 5.41) is 12.8. The molecule has 4 rings (SSSR count). The van der Waals surface area contributed by atoms with Gasteiger partial charge in [-0.1, -0.05) is 0 Å². The number of nitrogens with one attached hydrogen (secondary N) is 1. The third-order valence-electron chi connectivity index (χ3n) is 5.32. The fourth-order valence-electron chi connectivity index (χ4n) is 3.78. The van der Waals surface area contributed by atoms with Crippen LogP contribution in [0.4, 0.5) is 8.78 Å². The highest BCUT2D eigenvalue weighted by molar-refractivity contribution is 5.58. The lowest BCUT2D eigenvalue weighted by atomic mass is 9.97. The lowest BCUT2D eigenvalue weighted by Crippen LogP contribution is -2.51. The number of β-amino-alcohol motifs (C(OH)–C–C–N with tert-alkyl or cyclic N) is 1. The largest absolute Gasteiger partial charge is 0.390 e. The minimum absolute atomic E-state index is 0.209. The smallest absolute Gasteiger partial charge is 0.159 e. The molecule has 2 aliphatic rings.